The highest BCUT2D eigenvalue weighted by Gasteiger charge is 2.47. The van der Waals surface area contributed by atoms with Crippen molar-refractivity contribution in [1.29, 1.82) is 0 Å². The third kappa shape index (κ3) is 3.64. The fourth-order valence-corrected chi connectivity index (χ4v) is 5.02. The molecule has 1 saturated carbocycles. The summed E-state index contributed by atoms with van der Waals surface area (Å²) in [5.41, 5.74) is 2.34. The van der Waals surface area contributed by atoms with Crippen LogP contribution in [0.25, 0.3) is 0 Å². The Morgan fingerprint density at radius 2 is 2.08 bits per heavy atom. The third-order valence-electron chi connectivity index (χ3n) is 6.51. The quantitative estimate of drug-likeness (QED) is 0.880. The van der Waals surface area contributed by atoms with Gasteiger partial charge in [0.2, 0.25) is 5.91 Å². The van der Waals surface area contributed by atoms with Gasteiger partial charge in [-0.3, -0.25) is 9.69 Å². The average Bonchev–Trinajstić information content (AvgIpc) is 3.45. The van der Waals surface area contributed by atoms with E-state index in [4.69, 9.17) is 11.6 Å². The van der Waals surface area contributed by atoms with Crippen LogP contribution in [0, 0.1) is 18.3 Å². The van der Waals surface area contributed by atoms with Crippen molar-refractivity contribution in [3.8, 4) is 0 Å². The summed E-state index contributed by atoms with van der Waals surface area (Å²) >= 11 is 6.09. The summed E-state index contributed by atoms with van der Waals surface area (Å²) in [6, 6.07) is 6.08. The van der Waals surface area contributed by atoms with Crippen molar-refractivity contribution < 1.29 is 9.90 Å². The first-order valence-electron chi connectivity index (χ1n) is 9.91. The van der Waals surface area contributed by atoms with Gasteiger partial charge in [-0.05, 0) is 62.3 Å². The topological polar surface area (TPSA) is 43.8 Å². The fraction of sp³-hybridized carbons (Fsp3) is 0.667. The summed E-state index contributed by atoms with van der Waals surface area (Å²) in [5, 5.41) is 11.6. The lowest BCUT2D eigenvalue weighted by atomic mass is 9.71. The van der Waals surface area contributed by atoms with E-state index in [9.17, 15) is 9.90 Å². The molecule has 1 aromatic rings. The SMILES string of the molecule is Cc1cc(Cl)ccc1CN1CC[C@@H](O)[C@]2(CCCN(C(=O)C3CC3)C2)C1. The molecule has 4 nitrogen and oxygen atoms in total. The van der Waals surface area contributed by atoms with Crippen LogP contribution in [0.4, 0.5) is 0 Å². The number of carbonyl (C=O) groups excluding carboxylic acids is 1. The van der Waals surface area contributed by atoms with E-state index in [0.717, 1.165) is 69.9 Å². The second-order valence-corrected chi connectivity index (χ2v) is 9.02. The number of aliphatic hydroxyl groups excluding tert-OH is 1. The molecule has 0 radical (unpaired) electrons. The Morgan fingerprint density at radius 3 is 2.81 bits per heavy atom. The molecule has 1 amide bonds. The first kappa shape index (κ1) is 18.3. The summed E-state index contributed by atoms with van der Waals surface area (Å²) < 4.78 is 0. The van der Waals surface area contributed by atoms with Crippen LogP contribution in [-0.2, 0) is 11.3 Å². The number of benzene rings is 1. The van der Waals surface area contributed by atoms with Crippen molar-refractivity contribution in [1.82, 2.24) is 9.80 Å². The van der Waals surface area contributed by atoms with Gasteiger partial charge in [-0.1, -0.05) is 17.7 Å². The van der Waals surface area contributed by atoms with E-state index in [1.54, 1.807) is 0 Å². The molecule has 2 saturated heterocycles. The maximum absolute atomic E-state index is 12.6. The molecular formula is C21H29ClN2O2. The maximum atomic E-state index is 12.6. The minimum absolute atomic E-state index is 0.165. The number of hydrogen-bond acceptors (Lipinski definition) is 3. The molecule has 2 atom stereocenters. The number of aryl methyl sites for hydroxylation is 1. The molecule has 0 aromatic heterocycles. The van der Waals surface area contributed by atoms with E-state index in [-0.39, 0.29) is 17.4 Å². The Hall–Kier alpha value is -1.10. The van der Waals surface area contributed by atoms with Crippen LogP contribution >= 0.6 is 11.6 Å². The first-order valence-corrected chi connectivity index (χ1v) is 10.3. The standard InChI is InChI=1S/C21H29ClN2O2/c1-15-11-18(22)6-5-17(15)12-23-10-7-19(25)21(13-23)8-2-9-24(14-21)20(26)16-3-4-16/h5-6,11,16,19,25H,2-4,7-10,12-14H2,1H3/t19-,21-/m1/s1. The largest absolute Gasteiger partial charge is 0.392 e. The number of halogens is 1. The number of amides is 1. The Morgan fingerprint density at radius 1 is 1.27 bits per heavy atom. The third-order valence-corrected chi connectivity index (χ3v) is 6.74. The number of hydrogen-bond donors (Lipinski definition) is 1. The van der Waals surface area contributed by atoms with Crippen molar-refractivity contribution in [2.24, 2.45) is 11.3 Å². The summed E-state index contributed by atoms with van der Waals surface area (Å²) in [4.78, 5) is 17.1. The maximum Gasteiger partial charge on any atom is 0.225 e. The monoisotopic (exact) mass is 376 g/mol. The fourth-order valence-electron chi connectivity index (χ4n) is 4.79. The number of nitrogens with zero attached hydrogens (tertiary/aromatic N) is 2. The molecule has 1 N–H and O–H groups in total. The van der Waals surface area contributed by atoms with Gasteiger partial charge in [-0.2, -0.15) is 0 Å². The van der Waals surface area contributed by atoms with Crippen molar-refractivity contribution in [3.63, 3.8) is 0 Å². The van der Waals surface area contributed by atoms with Crippen LogP contribution in [-0.4, -0.2) is 53.1 Å². The van der Waals surface area contributed by atoms with E-state index >= 15 is 0 Å². The van der Waals surface area contributed by atoms with Gasteiger partial charge in [0, 0.05) is 49.1 Å². The highest BCUT2D eigenvalue weighted by atomic mass is 35.5. The number of carbonyl (C=O) groups is 1. The van der Waals surface area contributed by atoms with Crippen LogP contribution in [0.2, 0.25) is 5.02 Å². The second kappa shape index (κ2) is 7.14. The van der Waals surface area contributed by atoms with Crippen LogP contribution in [0.5, 0.6) is 0 Å². The number of piperidine rings is 2. The molecule has 1 aliphatic carbocycles. The van der Waals surface area contributed by atoms with Crippen LogP contribution in [0.15, 0.2) is 18.2 Å². The minimum Gasteiger partial charge on any atom is -0.392 e. The first-order chi connectivity index (χ1) is 12.5. The Labute approximate surface area is 161 Å². The van der Waals surface area contributed by atoms with E-state index in [0.29, 0.717) is 5.91 Å². The number of likely N-dealkylation sites (tertiary alicyclic amines) is 2. The molecule has 2 aliphatic heterocycles. The van der Waals surface area contributed by atoms with E-state index < -0.39 is 0 Å². The molecular weight excluding hydrogens is 348 g/mol. The molecule has 142 valence electrons. The predicted octanol–water partition coefficient (Wildman–Crippen LogP) is 3.23. The summed E-state index contributed by atoms with van der Waals surface area (Å²) in [6.45, 7) is 6.34. The minimum atomic E-state index is -0.306. The van der Waals surface area contributed by atoms with E-state index in [1.807, 2.05) is 17.0 Å². The Balaban J connectivity index is 1.47. The van der Waals surface area contributed by atoms with Gasteiger partial charge >= 0.3 is 0 Å². The molecule has 0 unspecified atom stereocenters. The van der Waals surface area contributed by atoms with Gasteiger partial charge in [0.25, 0.3) is 0 Å². The zero-order valence-electron chi connectivity index (χ0n) is 15.6. The van der Waals surface area contributed by atoms with Crippen molar-refractivity contribution >= 4 is 17.5 Å². The van der Waals surface area contributed by atoms with E-state index in [2.05, 4.69) is 17.9 Å². The van der Waals surface area contributed by atoms with Crippen molar-refractivity contribution in [2.45, 2.75) is 51.7 Å². The molecule has 1 aromatic carbocycles. The summed E-state index contributed by atoms with van der Waals surface area (Å²) in [6.07, 6.45) is 4.60. The summed E-state index contributed by atoms with van der Waals surface area (Å²) in [5.74, 6) is 0.584. The zero-order chi connectivity index (χ0) is 18.3. The molecule has 3 aliphatic rings. The lowest BCUT2D eigenvalue weighted by Gasteiger charge is -2.51. The molecule has 5 heteroatoms. The van der Waals surface area contributed by atoms with Gasteiger partial charge in [0.05, 0.1) is 6.10 Å². The second-order valence-electron chi connectivity index (χ2n) is 8.59. The number of rotatable bonds is 3. The highest BCUT2D eigenvalue weighted by Crippen LogP contribution is 2.41. The molecule has 4 rings (SSSR count). The molecule has 2 heterocycles. The lowest BCUT2D eigenvalue weighted by molar-refractivity contribution is -0.142. The van der Waals surface area contributed by atoms with Crippen LogP contribution < -0.4 is 0 Å². The van der Waals surface area contributed by atoms with Gasteiger partial charge in [-0.15, -0.1) is 0 Å². The molecule has 0 bridgehead atoms. The average molecular weight is 377 g/mol. The molecule has 26 heavy (non-hydrogen) atoms. The van der Waals surface area contributed by atoms with Crippen LogP contribution in [0.3, 0.4) is 0 Å². The zero-order valence-corrected chi connectivity index (χ0v) is 16.3. The van der Waals surface area contributed by atoms with Crippen LogP contribution in [0.1, 0.15) is 43.2 Å². The van der Waals surface area contributed by atoms with Crippen molar-refractivity contribution in [2.75, 3.05) is 26.2 Å². The molecule has 3 fully saturated rings. The Bertz CT molecular complexity index is 691. The molecule has 1 spiro atoms. The smallest absolute Gasteiger partial charge is 0.225 e. The number of aliphatic hydroxyl groups is 1. The predicted molar refractivity (Wildman–Crippen MR) is 103 cm³/mol. The normalized spacial score (nSPS) is 30.0. The highest BCUT2D eigenvalue weighted by molar-refractivity contribution is 6.30. The summed E-state index contributed by atoms with van der Waals surface area (Å²) in [7, 11) is 0. The van der Waals surface area contributed by atoms with Gasteiger partial charge < -0.3 is 10.0 Å². The van der Waals surface area contributed by atoms with E-state index in [1.165, 1.54) is 11.1 Å². The van der Waals surface area contributed by atoms with Gasteiger partial charge in [0.15, 0.2) is 0 Å². The lowest BCUT2D eigenvalue weighted by Crippen LogP contribution is -2.59. The van der Waals surface area contributed by atoms with Crippen molar-refractivity contribution in [3.05, 3.63) is 34.3 Å². The van der Waals surface area contributed by atoms with Gasteiger partial charge in [-0.25, -0.2) is 0 Å². The van der Waals surface area contributed by atoms with Gasteiger partial charge in [0.1, 0.15) is 0 Å². The Kier molecular flexibility index (Phi) is 5.02.